The highest BCUT2D eigenvalue weighted by Gasteiger charge is 2.14. The Balaban J connectivity index is 2.56. The molecule has 0 aromatic heterocycles. The van der Waals surface area contributed by atoms with Crippen LogP contribution >= 0.6 is 11.8 Å². The van der Waals surface area contributed by atoms with E-state index in [1.807, 2.05) is 32.0 Å². The number of unbranched alkanes of at least 4 members (excludes halogenated alkanes) is 1. The lowest BCUT2D eigenvalue weighted by atomic mass is 10.1. The van der Waals surface area contributed by atoms with Crippen LogP contribution in [-0.2, 0) is 4.79 Å². The van der Waals surface area contributed by atoms with Crippen molar-refractivity contribution in [3.63, 3.8) is 0 Å². The first kappa shape index (κ1) is 14.9. The molecule has 0 radical (unpaired) electrons. The second-order valence-corrected chi connectivity index (χ2v) is 5.82. The second-order valence-electron chi connectivity index (χ2n) is 4.38. The van der Waals surface area contributed by atoms with Gasteiger partial charge in [0.15, 0.2) is 0 Å². The van der Waals surface area contributed by atoms with Crippen molar-refractivity contribution in [3.05, 3.63) is 23.8 Å². The number of nitrogens with two attached hydrogens (primary N) is 1. The molecule has 0 aliphatic heterocycles. The summed E-state index contributed by atoms with van der Waals surface area (Å²) in [7, 11) is 0. The van der Waals surface area contributed by atoms with E-state index in [1.165, 1.54) is 0 Å². The molecule has 1 atom stereocenters. The molecule has 3 N–H and O–H groups in total. The molecule has 100 valence electrons. The largest absolute Gasteiger partial charge is 0.398 e. The Bertz CT molecular complexity index is 407. The van der Waals surface area contributed by atoms with Crippen molar-refractivity contribution in [2.75, 3.05) is 16.8 Å². The van der Waals surface area contributed by atoms with E-state index >= 15 is 0 Å². The smallest absolute Gasteiger partial charge is 0.237 e. The molecule has 4 heteroatoms. The lowest BCUT2D eigenvalue weighted by Gasteiger charge is -2.14. The molecule has 18 heavy (non-hydrogen) atoms. The van der Waals surface area contributed by atoms with Crippen LogP contribution in [0.3, 0.4) is 0 Å². The Morgan fingerprint density at radius 1 is 1.50 bits per heavy atom. The molecule has 1 amide bonds. The highest BCUT2D eigenvalue weighted by atomic mass is 32.2. The Hall–Kier alpha value is -1.16. The van der Waals surface area contributed by atoms with Gasteiger partial charge in [-0.15, -0.1) is 11.8 Å². The van der Waals surface area contributed by atoms with Gasteiger partial charge in [-0.25, -0.2) is 0 Å². The van der Waals surface area contributed by atoms with Crippen LogP contribution in [0, 0.1) is 6.92 Å². The van der Waals surface area contributed by atoms with Gasteiger partial charge in [-0.05, 0) is 43.7 Å². The Morgan fingerprint density at radius 3 is 2.89 bits per heavy atom. The number of thioether (sulfide) groups is 1. The molecular weight excluding hydrogens is 244 g/mol. The predicted molar refractivity (Wildman–Crippen MR) is 81.0 cm³/mol. The Kier molecular flexibility index (Phi) is 6.05. The molecule has 0 spiro atoms. The summed E-state index contributed by atoms with van der Waals surface area (Å²) in [5, 5.41) is 2.91. The molecule has 3 nitrogen and oxygen atoms in total. The van der Waals surface area contributed by atoms with Gasteiger partial charge in [-0.1, -0.05) is 19.4 Å². The zero-order chi connectivity index (χ0) is 13.5. The van der Waals surface area contributed by atoms with E-state index in [1.54, 1.807) is 11.8 Å². The fourth-order valence-corrected chi connectivity index (χ4v) is 2.52. The summed E-state index contributed by atoms with van der Waals surface area (Å²) >= 11 is 1.70. The molecule has 1 aromatic rings. The number of anilines is 2. The average molecular weight is 266 g/mol. The standard InChI is InChI=1S/C14H22N2OS/c1-4-5-9-18-11(3)14(17)16-13-8-6-7-12(15)10(13)2/h6-8,11H,4-5,9,15H2,1-3H3,(H,16,17). The van der Waals surface area contributed by atoms with Crippen molar-refractivity contribution < 1.29 is 4.79 Å². The van der Waals surface area contributed by atoms with E-state index in [0.29, 0.717) is 5.69 Å². The van der Waals surface area contributed by atoms with Gasteiger partial charge < -0.3 is 11.1 Å². The van der Waals surface area contributed by atoms with E-state index in [0.717, 1.165) is 29.8 Å². The quantitative estimate of drug-likeness (QED) is 0.612. The summed E-state index contributed by atoms with van der Waals surface area (Å²) in [6.45, 7) is 6.01. The molecule has 1 aromatic carbocycles. The molecule has 0 saturated carbocycles. The summed E-state index contributed by atoms with van der Waals surface area (Å²) in [5.41, 5.74) is 8.26. The number of rotatable bonds is 6. The van der Waals surface area contributed by atoms with E-state index in [9.17, 15) is 4.79 Å². The van der Waals surface area contributed by atoms with Gasteiger partial charge in [0.05, 0.1) is 5.25 Å². The highest BCUT2D eigenvalue weighted by Crippen LogP contribution is 2.22. The second kappa shape index (κ2) is 7.31. The van der Waals surface area contributed by atoms with Crippen LogP contribution in [0.25, 0.3) is 0 Å². The molecule has 0 aliphatic rings. The maximum Gasteiger partial charge on any atom is 0.237 e. The van der Waals surface area contributed by atoms with Gasteiger partial charge in [0.25, 0.3) is 0 Å². The van der Waals surface area contributed by atoms with E-state index in [2.05, 4.69) is 12.2 Å². The number of nitrogen functional groups attached to an aromatic ring is 1. The van der Waals surface area contributed by atoms with Gasteiger partial charge in [-0.2, -0.15) is 0 Å². The fraction of sp³-hybridized carbons (Fsp3) is 0.500. The normalized spacial score (nSPS) is 12.2. The predicted octanol–water partition coefficient (Wildman–Crippen LogP) is 3.44. The van der Waals surface area contributed by atoms with Gasteiger partial charge >= 0.3 is 0 Å². The topological polar surface area (TPSA) is 55.1 Å². The van der Waals surface area contributed by atoms with E-state index in [4.69, 9.17) is 5.73 Å². The van der Waals surface area contributed by atoms with Gasteiger partial charge in [0.2, 0.25) is 5.91 Å². The first-order chi connectivity index (χ1) is 8.56. The molecule has 0 fully saturated rings. The minimum absolute atomic E-state index is 0.0302. The van der Waals surface area contributed by atoms with Gasteiger partial charge in [-0.3, -0.25) is 4.79 Å². The van der Waals surface area contributed by atoms with Crippen LogP contribution in [0.15, 0.2) is 18.2 Å². The summed E-state index contributed by atoms with van der Waals surface area (Å²) < 4.78 is 0. The zero-order valence-corrected chi connectivity index (χ0v) is 12.1. The lowest BCUT2D eigenvalue weighted by Crippen LogP contribution is -2.23. The van der Waals surface area contributed by atoms with Crippen LogP contribution in [0.2, 0.25) is 0 Å². The number of hydrogen-bond donors (Lipinski definition) is 2. The summed E-state index contributed by atoms with van der Waals surface area (Å²) in [4.78, 5) is 12.0. The van der Waals surface area contributed by atoms with Crippen molar-refractivity contribution in [2.45, 2.75) is 38.9 Å². The molecule has 0 saturated heterocycles. The maximum atomic E-state index is 12.0. The zero-order valence-electron chi connectivity index (χ0n) is 11.3. The van der Waals surface area contributed by atoms with Crippen LogP contribution in [0.4, 0.5) is 11.4 Å². The number of benzene rings is 1. The van der Waals surface area contributed by atoms with Crippen LogP contribution in [0.5, 0.6) is 0 Å². The van der Waals surface area contributed by atoms with Crippen molar-refractivity contribution >= 4 is 29.0 Å². The molecular formula is C14H22N2OS. The number of amides is 1. The van der Waals surface area contributed by atoms with Crippen molar-refractivity contribution in [1.82, 2.24) is 0 Å². The first-order valence-corrected chi connectivity index (χ1v) is 7.38. The highest BCUT2D eigenvalue weighted by molar-refractivity contribution is 8.00. The Morgan fingerprint density at radius 2 is 2.22 bits per heavy atom. The summed E-state index contributed by atoms with van der Waals surface area (Å²) in [5.74, 6) is 1.07. The molecule has 0 aliphatic carbocycles. The van der Waals surface area contributed by atoms with Crippen molar-refractivity contribution in [1.29, 1.82) is 0 Å². The van der Waals surface area contributed by atoms with Gasteiger partial charge in [0, 0.05) is 11.4 Å². The van der Waals surface area contributed by atoms with Crippen molar-refractivity contribution in [2.24, 2.45) is 0 Å². The monoisotopic (exact) mass is 266 g/mol. The Labute approximate surface area is 114 Å². The first-order valence-electron chi connectivity index (χ1n) is 6.33. The minimum Gasteiger partial charge on any atom is -0.398 e. The number of carbonyl (C=O) groups excluding carboxylic acids is 1. The third kappa shape index (κ3) is 4.26. The molecule has 1 unspecified atom stereocenters. The SMILES string of the molecule is CCCCSC(C)C(=O)Nc1cccc(N)c1C. The maximum absolute atomic E-state index is 12.0. The molecule has 0 heterocycles. The lowest BCUT2D eigenvalue weighted by molar-refractivity contribution is -0.115. The third-order valence-electron chi connectivity index (χ3n) is 2.87. The van der Waals surface area contributed by atoms with Crippen LogP contribution in [0.1, 0.15) is 32.3 Å². The summed E-state index contributed by atoms with van der Waals surface area (Å²) in [6.07, 6.45) is 2.31. The fourth-order valence-electron chi connectivity index (χ4n) is 1.50. The molecule has 1 rings (SSSR count). The van der Waals surface area contributed by atoms with Gasteiger partial charge in [0.1, 0.15) is 0 Å². The van der Waals surface area contributed by atoms with Crippen LogP contribution in [-0.4, -0.2) is 16.9 Å². The average Bonchev–Trinajstić information content (AvgIpc) is 2.35. The summed E-state index contributed by atoms with van der Waals surface area (Å²) in [6, 6.07) is 5.57. The van der Waals surface area contributed by atoms with Crippen molar-refractivity contribution in [3.8, 4) is 0 Å². The molecule has 0 bridgehead atoms. The van der Waals surface area contributed by atoms with E-state index < -0.39 is 0 Å². The van der Waals surface area contributed by atoms with Crippen LogP contribution < -0.4 is 11.1 Å². The number of nitrogens with one attached hydrogen (secondary N) is 1. The third-order valence-corrected chi connectivity index (χ3v) is 4.11. The number of carbonyl (C=O) groups is 1. The van der Waals surface area contributed by atoms with E-state index in [-0.39, 0.29) is 11.2 Å². The minimum atomic E-state index is -0.0302. The number of hydrogen-bond acceptors (Lipinski definition) is 3.